The van der Waals surface area contributed by atoms with Gasteiger partial charge < -0.3 is 4.90 Å². The molecule has 8 heteroatoms. The monoisotopic (exact) mass is 475 g/mol. The second-order valence-electron chi connectivity index (χ2n) is 8.02. The largest absolute Gasteiger partial charge is 0.336 e. The molecule has 1 amide bonds. The number of nitro groups is 1. The van der Waals surface area contributed by atoms with Crippen molar-refractivity contribution in [1.82, 2.24) is 9.80 Å². The number of hydrogen-bond donors (Lipinski definition) is 0. The second-order valence-corrected chi connectivity index (χ2v) is 9.17. The number of piperazine rings is 1. The Kier molecular flexibility index (Phi) is 7.72. The van der Waals surface area contributed by atoms with Gasteiger partial charge in [-0.15, -0.1) is 0 Å². The number of carbonyl (C=O) groups is 2. The second kappa shape index (κ2) is 11.1. The molecule has 0 N–H and O–H groups in total. The molecule has 0 saturated carbocycles. The first-order valence-electron chi connectivity index (χ1n) is 11.1. The number of nitro benzene ring substituents is 1. The smallest absolute Gasteiger partial charge is 0.281 e. The fraction of sp³-hybridized carbons (Fsp3) is 0.231. The topological polar surface area (TPSA) is 83.8 Å². The van der Waals surface area contributed by atoms with Gasteiger partial charge in [0, 0.05) is 60.6 Å². The highest BCUT2D eigenvalue weighted by molar-refractivity contribution is 7.99. The van der Waals surface area contributed by atoms with Gasteiger partial charge in [0.25, 0.3) is 11.6 Å². The Morgan fingerprint density at radius 3 is 2.15 bits per heavy atom. The highest BCUT2D eigenvalue weighted by atomic mass is 32.2. The Labute approximate surface area is 202 Å². The molecule has 3 aromatic rings. The molecular weight excluding hydrogens is 450 g/mol. The molecule has 0 bridgehead atoms. The summed E-state index contributed by atoms with van der Waals surface area (Å²) < 4.78 is 0. The lowest BCUT2D eigenvalue weighted by Crippen LogP contribution is -2.49. The van der Waals surface area contributed by atoms with Crippen molar-refractivity contribution in [3.8, 4) is 0 Å². The molecule has 0 spiro atoms. The Morgan fingerprint density at radius 2 is 1.50 bits per heavy atom. The average Bonchev–Trinajstić information content (AvgIpc) is 2.88. The van der Waals surface area contributed by atoms with Crippen LogP contribution in [-0.2, 0) is 0 Å². The number of Topliss-reactive ketones (excluding diaryl/α,β-unsaturated/α-hetero) is 1. The molecule has 0 aromatic heterocycles. The first-order chi connectivity index (χ1) is 16.5. The van der Waals surface area contributed by atoms with Crippen molar-refractivity contribution in [1.29, 1.82) is 0 Å². The quantitative estimate of drug-likeness (QED) is 0.265. The van der Waals surface area contributed by atoms with E-state index in [-0.39, 0.29) is 29.4 Å². The molecule has 0 atom stereocenters. The summed E-state index contributed by atoms with van der Waals surface area (Å²) in [6.45, 7) is 3.02. The van der Waals surface area contributed by atoms with Crippen molar-refractivity contribution >= 4 is 29.1 Å². The zero-order valence-corrected chi connectivity index (χ0v) is 19.4. The molecule has 7 nitrogen and oxygen atoms in total. The molecule has 0 radical (unpaired) electrons. The van der Waals surface area contributed by atoms with Crippen molar-refractivity contribution in [2.75, 3.05) is 32.7 Å². The fourth-order valence-electron chi connectivity index (χ4n) is 3.92. The predicted octanol–water partition coefficient (Wildman–Crippen LogP) is 4.78. The molecule has 1 aliphatic rings. The maximum absolute atomic E-state index is 12.8. The Morgan fingerprint density at radius 1 is 0.853 bits per heavy atom. The fourth-order valence-corrected chi connectivity index (χ4v) is 4.79. The molecule has 3 aromatic carbocycles. The number of benzene rings is 3. The Balaban J connectivity index is 1.33. The van der Waals surface area contributed by atoms with Crippen LogP contribution in [0, 0.1) is 10.1 Å². The van der Waals surface area contributed by atoms with E-state index < -0.39 is 4.92 Å². The van der Waals surface area contributed by atoms with Gasteiger partial charge in [-0.3, -0.25) is 24.6 Å². The summed E-state index contributed by atoms with van der Waals surface area (Å²) in [7, 11) is 0. The summed E-state index contributed by atoms with van der Waals surface area (Å²) in [5, 5.41) is 11.6. The maximum Gasteiger partial charge on any atom is 0.281 e. The van der Waals surface area contributed by atoms with Gasteiger partial charge in [0.2, 0.25) is 0 Å². The minimum absolute atomic E-state index is 0.0143. The molecule has 34 heavy (non-hydrogen) atoms. The summed E-state index contributed by atoms with van der Waals surface area (Å²) >= 11 is 1.42. The number of amides is 1. The van der Waals surface area contributed by atoms with Gasteiger partial charge in [-0.1, -0.05) is 48.2 Å². The van der Waals surface area contributed by atoms with Crippen molar-refractivity contribution in [3.05, 3.63) is 100 Å². The molecule has 0 aliphatic carbocycles. The highest BCUT2D eigenvalue weighted by Gasteiger charge is 2.24. The zero-order valence-electron chi connectivity index (χ0n) is 18.6. The summed E-state index contributed by atoms with van der Waals surface area (Å²) in [5.74, 6) is -0.230. The van der Waals surface area contributed by atoms with Crippen LogP contribution in [0.1, 0.15) is 27.1 Å². The summed E-state index contributed by atoms with van der Waals surface area (Å²) in [6.07, 6.45) is 0.193. The third kappa shape index (κ3) is 5.89. The van der Waals surface area contributed by atoms with Crippen LogP contribution in [-0.4, -0.2) is 59.1 Å². The number of hydrogen-bond acceptors (Lipinski definition) is 6. The minimum Gasteiger partial charge on any atom is -0.336 e. The lowest BCUT2D eigenvalue weighted by molar-refractivity contribution is -0.385. The predicted molar refractivity (Wildman–Crippen MR) is 131 cm³/mol. The average molecular weight is 476 g/mol. The Hall–Kier alpha value is -3.49. The highest BCUT2D eigenvalue weighted by Crippen LogP contribution is 2.32. The van der Waals surface area contributed by atoms with Crippen LogP contribution in [0.15, 0.2) is 88.7 Å². The summed E-state index contributed by atoms with van der Waals surface area (Å²) in [5.41, 5.74) is 0.650. The van der Waals surface area contributed by atoms with Gasteiger partial charge >= 0.3 is 0 Å². The molecule has 1 heterocycles. The molecule has 1 fully saturated rings. The standard InChI is InChI=1S/C26H25N3O4S/c30-25(13-14-27-15-17-28(18-16-27)26(31)20-7-3-1-4-8-20)23-12-11-22(19-24(23)29(32)33)34-21-9-5-2-6-10-21/h1-12,19H,13-18H2. The van der Waals surface area contributed by atoms with Crippen LogP contribution >= 0.6 is 11.8 Å². The van der Waals surface area contributed by atoms with Crippen LogP contribution in [0.4, 0.5) is 5.69 Å². The third-order valence-corrected chi connectivity index (χ3v) is 6.78. The zero-order chi connectivity index (χ0) is 23.9. The minimum atomic E-state index is -0.490. The summed E-state index contributed by atoms with van der Waals surface area (Å²) in [6, 6.07) is 23.6. The van der Waals surface area contributed by atoms with Crippen LogP contribution in [0.2, 0.25) is 0 Å². The molecular formula is C26H25N3O4S. The van der Waals surface area contributed by atoms with Crippen LogP contribution in [0.25, 0.3) is 0 Å². The molecule has 0 unspecified atom stereocenters. The first-order valence-corrected chi connectivity index (χ1v) is 11.9. The lowest BCUT2D eigenvalue weighted by Gasteiger charge is -2.34. The number of nitrogens with zero attached hydrogens (tertiary/aromatic N) is 3. The number of ketones is 1. The van der Waals surface area contributed by atoms with Gasteiger partial charge in [0.05, 0.1) is 10.5 Å². The van der Waals surface area contributed by atoms with Gasteiger partial charge in [-0.05, 0) is 36.4 Å². The molecule has 174 valence electrons. The normalized spacial score (nSPS) is 14.1. The first kappa shape index (κ1) is 23.7. The lowest BCUT2D eigenvalue weighted by atomic mass is 10.1. The van der Waals surface area contributed by atoms with Crippen LogP contribution < -0.4 is 0 Å². The molecule has 1 aliphatic heterocycles. The van der Waals surface area contributed by atoms with Gasteiger partial charge in [0.15, 0.2) is 5.78 Å². The van der Waals surface area contributed by atoms with E-state index in [0.717, 1.165) is 4.90 Å². The van der Waals surface area contributed by atoms with E-state index in [1.54, 1.807) is 12.1 Å². The van der Waals surface area contributed by atoms with Crippen LogP contribution in [0.3, 0.4) is 0 Å². The van der Waals surface area contributed by atoms with E-state index in [2.05, 4.69) is 4.90 Å². The SMILES string of the molecule is O=C(CCN1CCN(C(=O)c2ccccc2)CC1)c1ccc(Sc2ccccc2)cc1[N+](=O)[O-]. The molecule has 4 rings (SSSR count). The third-order valence-electron chi connectivity index (χ3n) is 5.78. The van der Waals surface area contributed by atoms with Gasteiger partial charge in [0.1, 0.15) is 0 Å². The number of rotatable bonds is 8. The van der Waals surface area contributed by atoms with Crippen molar-refractivity contribution in [2.24, 2.45) is 0 Å². The maximum atomic E-state index is 12.8. The summed E-state index contributed by atoms with van der Waals surface area (Å²) in [4.78, 5) is 42.2. The van der Waals surface area contributed by atoms with Crippen LogP contribution in [0.5, 0.6) is 0 Å². The number of carbonyl (C=O) groups excluding carboxylic acids is 2. The van der Waals surface area contributed by atoms with E-state index in [9.17, 15) is 19.7 Å². The van der Waals surface area contributed by atoms with E-state index in [4.69, 9.17) is 0 Å². The van der Waals surface area contributed by atoms with Gasteiger partial charge in [-0.25, -0.2) is 0 Å². The van der Waals surface area contributed by atoms with E-state index in [1.165, 1.54) is 17.8 Å². The Bertz CT molecular complexity index is 1160. The van der Waals surface area contributed by atoms with Crippen molar-refractivity contribution in [3.63, 3.8) is 0 Å². The van der Waals surface area contributed by atoms with Crippen molar-refractivity contribution in [2.45, 2.75) is 16.2 Å². The molecule has 1 saturated heterocycles. The van der Waals surface area contributed by atoms with Crippen molar-refractivity contribution < 1.29 is 14.5 Å². The van der Waals surface area contributed by atoms with E-state index in [0.29, 0.717) is 43.2 Å². The van der Waals surface area contributed by atoms with Gasteiger partial charge in [-0.2, -0.15) is 0 Å². The van der Waals surface area contributed by atoms with E-state index in [1.807, 2.05) is 65.6 Å². The van der Waals surface area contributed by atoms with E-state index >= 15 is 0 Å².